The van der Waals surface area contributed by atoms with E-state index in [9.17, 15) is 14.4 Å². The van der Waals surface area contributed by atoms with Crippen molar-refractivity contribution in [2.75, 3.05) is 19.0 Å². The molecule has 0 saturated heterocycles. The summed E-state index contributed by atoms with van der Waals surface area (Å²) in [7, 11) is 1.26. The molecule has 27 heavy (non-hydrogen) atoms. The summed E-state index contributed by atoms with van der Waals surface area (Å²) in [6.07, 6.45) is 3.21. The smallest absolute Gasteiger partial charge is 0.325 e. The van der Waals surface area contributed by atoms with Gasteiger partial charge in [-0.3, -0.25) is 14.4 Å². The first-order valence-electron chi connectivity index (χ1n) is 8.13. The van der Waals surface area contributed by atoms with E-state index in [4.69, 9.17) is 11.6 Å². The number of halogens is 1. The Morgan fingerprint density at radius 3 is 2.52 bits per heavy atom. The van der Waals surface area contributed by atoms with E-state index in [0.717, 1.165) is 11.1 Å². The number of rotatable bonds is 7. The third-order valence-electron chi connectivity index (χ3n) is 3.52. The molecule has 0 radical (unpaired) electrons. The average molecular weight is 387 g/mol. The molecule has 140 valence electrons. The molecule has 2 rings (SSSR count). The highest BCUT2D eigenvalue weighted by atomic mass is 35.5. The number of hydrogen-bond donors (Lipinski definition) is 2. The van der Waals surface area contributed by atoms with Gasteiger partial charge in [-0.25, -0.2) is 0 Å². The lowest BCUT2D eigenvalue weighted by atomic mass is 10.1. The standard InChI is InChI=1S/C20H19ClN2O4/c1-27-20(26)13-22-19(25)12-15-5-8-17(9-6-15)23-18(24)10-7-14-3-2-4-16(21)11-14/h2-11H,12-13H2,1H3,(H,22,25)(H,23,24)/b10-7+. The number of anilines is 1. The Hall–Kier alpha value is -3.12. The summed E-state index contributed by atoms with van der Waals surface area (Å²) in [6.45, 7) is -0.164. The lowest BCUT2D eigenvalue weighted by Gasteiger charge is -2.06. The van der Waals surface area contributed by atoms with Crippen LogP contribution in [0.1, 0.15) is 11.1 Å². The highest BCUT2D eigenvalue weighted by Crippen LogP contribution is 2.13. The summed E-state index contributed by atoms with van der Waals surface area (Å²) < 4.78 is 4.45. The van der Waals surface area contributed by atoms with E-state index in [1.807, 2.05) is 6.07 Å². The maximum atomic E-state index is 12.0. The number of carbonyl (C=O) groups excluding carboxylic acids is 3. The molecule has 2 aromatic carbocycles. The van der Waals surface area contributed by atoms with Gasteiger partial charge in [0.05, 0.1) is 13.5 Å². The maximum Gasteiger partial charge on any atom is 0.325 e. The van der Waals surface area contributed by atoms with Crippen molar-refractivity contribution in [1.82, 2.24) is 5.32 Å². The second-order valence-electron chi connectivity index (χ2n) is 5.60. The molecule has 2 N–H and O–H groups in total. The largest absolute Gasteiger partial charge is 0.468 e. The highest BCUT2D eigenvalue weighted by Gasteiger charge is 2.06. The van der Waals surface area contributed by atoms with Crippen LogP contribution in [0.25, 0.3) is 6.08 Å². The second-order valence-corrected chi connectivity index (χ2v) is 6.04. The molecule has 2 amide bonds. The molecule has 0 fully saturated rings. The molecule has 0 atom stereocenters. The van der Waals surface area contributed by atoms with E-state index in [0.29, 0.717) is 10.7 Å². The second kappa shape index (κ2) is 10.1. The molecule has 7 heteroatoms. The van der Waals surface area contributed by atoms with Gasteiger partial charge < -0.3 is 15.4 Å². The van der Waals surface area contributed by atoms with E-state index < -0.39 is 5.97 Å². The lowest BCUT2D eigenvalue weighted by molar-refractivity contribution is -0.141. The number of esters is 1. The summed E-state index contributed by atoms with van der Waals surface area (Å²) in [5.74, 6) is -1.08. The van der Waals surface area contributed by atoms with E-state index >= 15 is 0 Å². The fraction of sp³-hybridized carbons (Fsp3) is 0.150. The fourth-order valence-corrected chi connectivity index (χ4v) is 2.36. The molecule has 0 unspecified atom stereocenters. The average Bonchev–Trinajstić information content (AvgIpc) is 2.66. The van der Waals surface area contributed by atoms with E-state index in [2.05, 4.69) is 15.4 Å². The van der Waals surface area contributed by atoms with Crippen molar-refractivity contribution in [2.45, 2.75) is 6.42 Å². The van der Waals surface area contributed by atoms with Gasteiger partial charge in [0.2, 0.25) is 11.8 Å². The van der Waals surface area contributed by atoms with Gasteiger partial charge in [0.25, 0.3) is 0 Å². The molecule has 0 aliphatic heterocycles. The van der Waals surface area contributed by atoms with Crippen molar-refractivity contribution < 1.29 is 19.1 Å². The van der Waals surface area contributed by atoms with Crippen LogP contribution in [0.3, 0.4) is 0 Å². The number of carbonyl (C=O) groups is 3. The van der Waals surface area contributed by atoms with Crippen molar-refractivity contribution in [3.05, 3.63) is 70.8 Å². The van der Waals surface area contributed by atoms with Crippen LogP contribution in [-0.4, -0.2) is 31.4 Å². The van der Waals surface area contributed by atoms with Crippen LogP contribution in [0, 0.1) is 0 Å². The molecule has 0 spiro atoms. The first-order chi connectivity index (χ1) is 13.0. The van der Waals surface area contributed by atoms with Crippen molar-refractivity contribution in [3.63, 3.8) is 0 Å². The SMILES string of the molecule is COC(=O)CNC(=O)Cc1ccc(NC(=O)/C=C/c2cccc(Cl)c2)cc1. The van der Waals surface area contributed by atoms with E-state index in [-0.39, 0.29) is 24.8 Å². The van der Waals surface area contributed by atoms with Gasteiger partial charge in [0.1, 0.15) is 6.54 Å². The Morgan fingerprint density at radius 1 is 1.11 bits per heavy atom. The summed E-state index contributed by atoms with van der Waals surface area (Å²) in [4.78, 5) is 34.7. The van der Waals surface area contributed by atoms with Crippen LogP contribution < -0.4 is 10.6 Å². The Balaban J connectivity index is 1.85. The third-order valence-corrected chi connectivity index (χ3v) is 3.75. The van der Waals surface area contributed by atoms with E-state index in [1.165, 1.54) is 13.2 Å². The van der Waals surface area contributed by atoms with Gasteiger partial charge in [-0.05, 0) is 41.5 Å². The summed E-state index contributed by atoms with van der Waals surface area (Å²) in [6, 6.07) is 14.0. The number of benzene rings is 2. The van der Waals surface area contributed by atoms with Crippen LogP contribution in [0.15, 0.2) is 54.6 Å². The third kappa shape index (κ3) is 7.33. The molecule has 0 bridgehead atoms. The number of ether oxygens (including phenoxy) is 1. The zero-order valence-electron chi connectivity index (χ0n) is 14.7. The zero-order valence-corrected chi connectivity index (χ0v) is 15.5. The van der Waals surface area contributed by atoms with Crippen molar-refractivity contribution in [3.8, 4) is 0 Å². The molecular weight excluding hydrogens is 368 g/mol. The number of hydrogen-bond acceptors (Lipinski definition) is 4. The van der Waals surface area contributed by atoms with Crippen molar-refractivity contribution >= 4 is 41.1 Å². The minimum absolute atomic E-state index is 0.125. The number of nitrogens with one attached hydrogen (secondary N) is 2. The molecule has 6 nitrogen and oxygen atoms in total. The molecule has 0 heterocycles. The topological polar surface area (TPSA) is 84.5 Å². The Kier molecular flexibility index (Phi) is 7.58. The monoisotopic (exact) mass is 386 g/mol. The van der Waals surface area contributed by atoms with Gasteiger partial charge >= 0.3 is 5.97 Å². The van der Waals surface area contributed by atoms with Crippen molar-refractivity contribution in [2.24, 2.45) is 0 Å². The molecular formula is C20H19ClN2O4. The van der Waals surface area contributed by atoms with Gasteiger partial charge in [-0.2, -0.15) is 0 Å². The van der Waals surface area contributed by atoms with Crippen LogP contribution in [0.5, 0.6) is 0 Å². The predicted octanol–water partition coefficient (Wildman–Crippen LogP) is 2.82. The Bertz CT molecular complexity index is 847. The number of amides is 2. The summed E-state index contributed by atoms with van der Waals surface area (Å²) in [5.41, 5.74) is 2.19. The zero-order chi connectivity index (χ0) is 19.6. The van der Waals surface area contributed by atoms with E-state index in [1.54, 1.807) is 48.5 Å². The Labute approximate surface area is 162 Å². The van der Waals surface area contributed by atoms with Crippen LogP contribution in [0.4, 0.5) is 5.69 Å². The summed E-state index contributed by atoms with van der Waals surface area (Å²) >= 11 is 5.90. The van der Waals surface area contributed by atoms with Crippen LogP contribution >= 0.6 is 11.6 Å². The Morgan fingerprint density at radius 2 is 1.85 bits per heavy atom. The predicted molar refractivity (Wildman–Crippen MR) is 104 cm³/mol. The first kappa shape index (κ1) is 20.2. The molecule has 0 aromatic heterocycles. The van der Waals surface area contributed by atoms with Crippen molar-refractivity contribution in [1.29, 1.82) is 0 Å². The summed E-state index contributed by atoms with van der Waals surface area (Å²) in [5, 5.41) is 5.80. The van der Waals surface area contributed by atoms with Crippen LogP contribution in [-0.2, 0) is 25.5 Å². The maximum absolute atomic E-state index is 12.0. The van der Waals surface area contributed by atoms with Gasteiger partial charge in [0.15, 0.2) is 0 Å². The molecule has 0 aliphatic rings. The minimum Gasteiger partial charge on any atom is -0.468 e. The molecule has 0 aliphatic carbocycles. The van der Waals surface area contributed by atoms with Crippen LogP contribution in [0.2, 0.25) is 5.02 Å². The fourth-order valence-electron chi connectivity index (χ4n) is 2.16. The lowest BCUT2D eigenvalue weighted by Crippen LogP contribution is -2.31. The van der Waals surface area contributed by atoms with Gasteiger partial charge in [0, 0.05) is 16.8 Å². The quantitative estimate of drug-likeness (QED) is 0.566. The van der Waals surface area contributed by atoms with Gasteiger partial charge in [-0.15, -0.1) is 0 Å². The normalized spacial score (nSPS) is 10.4. The molecule has 0 saturated carbocycles. The highest BCUT2D eigenvalue weighted by molar-refractivity contribution is 6.30. The minimum atomic E-state index is -0.507. The molecule has 2 aromatic rings. The van der Waals surface area contributed by atoms with Gasteiger partial charge in [-0.1, -0.05) is 35.9 Å². The first-order valence-corrected chi connectivity index (χ1v) is 8.51. The number of methoxy groups -OCH3 is 1.